The van der Waals surface area contributed by atoms with Crippen LogP contribution in [0.5, 0.6) is 0 Å². The number of aromatic amines is 1. The number of carbonyl (C=O) groups is 1. The lowest BCUT2D eigenvalue weighted by Crippen LogP contribution is -2.59. The number of rotatable bonds is 3. The fourth-order valence-electron chi connectivity index (χ4n) is 2.22. The van der Waals surface area contributed by atoms with Crippen molar-refractivity contribution in [1.82, 2.24) is 19.5 Å². The van der Waals surface area contributed by atoms with E-state index in [-0.39, 0.29) is 23.2 Å². The third-order valence-corrected chi connectivity index (χ3v) is 6.73. The molecule has 0 spiro atoms. The van der Waals surface area contributed by atoms with Gasteiger partial charge in [0.25, 0.3) is 10.0 Å². The summed E-state index contributed by atoms with van der Waals surface area (Å²) in [5.74, 6) is -0.286. The second kappa shape index (κ2) is 5.87. The van der Waals surface area contributed by atoms with Crippen LogP contribution in [0, 0.1) is 6.92 Å². The van der Waals surface area contributed by atoms with Crippen LogP contribution in [0.4, 0.5) is 0 Å². The van der Waals surface area contributed by atoms with E-state index in [1.807, 2.05) is 0 Å². The van der Waals surface area contributed by atoms with Crippen molar-refractivity contribution in [3.05, 3.63) is 15.4 Å². The molecule has 1 amide bonds. The van der Waals surface area contributed by atoms with Gasteiger partial charge in [0.15, 0.2) is 4.21 Å². The summed E-state index contributed by atoms with van der Waals surface area (Å²) in [5.41, 5.74) is 0.305. The van der Waals surface area contributed by atoms with Gasteiger partial charge >= 0.3 is 4.87 Å². The van der Waals surface area contributed by atoms with Gasteiger partial charge in [-0.05, 0) is 6.92 Å². The molecule has 0 aromatic carbocycles. The molecule has 1 atom stereocenters. The van der Waals surface area contributed by atoms with E-state index >= 15 is 0 Å². The maximum Gasteiger partial charge on any atom is 0.305 e. The number of nitrogens with zero attached hydrogens (tertiary/aromatic N) is 2. The van der Waals surface area contributed by atoms with E-state index in [1.165, 1.54) is 16.1 Å². The Hall–Kier alpha value is -1.23. The third-order valence-electron chi connectivity index (χ3n) is 3.24. The maximum absolute atomic E-state index is 12.7. The summed E-state index contributed by atoms with van der Waals surface area (Å²) in [6.07, 6.45) is 0. The SMILES string of the molecule is Cc1[nH]c(=O)sc1S(=O)(=O)N1CCNCC1C(=O)N(C)C. The van der Waals surface area contributed by atoms with Crippen LogP contribution in [0.15, 0.2) is 9.00 Å². The summed E-state index contributed by atoms with van der Waals surface area (Å²) in [6.45, 7) is 2.46. The molecule has 118 valence electrons. The van der Waals surface area contributed by atoms with Gasteiger partial charge in [-0.25, -0.2) is 8.42 Å². The molecule has 10 heteroatoms. The fourth-order valence-corrected chi connectivity index (χ4v) is 5.22. The van der Waals surface area contributed by atoms with Gasteiger partial charge in [0.1, 0.15) is 6.04 Å². The Morgan fingerprint density at radius 3 is 2.62 bits per heavy atom. The van der Waals surface area contributed by atoms with Gasteiger partial charge in [0, 0.05) is 39.4 Å². The van der Waals surface area contributed by atoms with Crippen molar-refractivity contribution in [2.45, 2.75) is 17.2 Å². The van der Waals surface area contributed by atoms with E-state index in [1.54, 1.807) is 14.1 Å². The van der Waals surface area contributed by atoms with E-state index in [9.17, 15) is 18.0 Å². The highest BCUT2D eigenvalue weighted by Crippen LogP contribution is 2.24. The fraction of sp³-hybridized carbons (Fsp3) is 0.636. The number of hydrogen-bond donors (Lipinski definition) is 2. The van der Waals surface area contributed by atoms with Crippen molar-refractivity contribution >= 4 is 27.3 Å². The Balaban J connectivity index is 2.43. The lowest BCUT2D eigenvalue weighted by Gasteiger charge is -2.35. The molecule has 1 fully saturated rings. The Morgan fingerprint density at radius 2 is 2.10 bits per heavy atom. The summed E-state index contributed by atoms with van der Waals surface area (Å²) >= 11 is 0.651. The zero-order valence-electron chi connectivity index (χ0n) is 12.0. The molecule has 0 radical (unpaired) electrons. The van der Waals surface area contributed by atoms with E-state index in [4.69, 9.17) is 0 Å². The molecule has 21 heavy (non-hydrogen) atoms. The molecular formula is C11H18N4O4S2. The van der Waals surface area contributed by atoms with Crippen LogP contribution in [0.3, 0.4) is 0 Å². The average molecular weight is 334 g/mol. The minimum atomic E-state index is -3.87. The van der Waals surface area contributed by atoms with Crippen LogP contribution in [0.1, 0.15) is 5.69 Å². The predicted octanol–water partition coefficient (Wildman–Crippen LogP) is -1.20. The zero-order chi connectivity index (χ0) is 15.8. The predicted molar refractivity (Wildman–Crippen MR) is 78.9 cm³/mol. The van der Waals surface area contributed by atoms with Gasteiger partial charge in [-0.15, -0.1) is 0 Å². The molecule has 1 aliphatic rings. The molecule has 1 unspecified atom stereocenters. The van der Waals surface area contributed by atoms with Crippen LogP contribution in [0.25, 0.3) is 0 Å². The Kier molecular flexibility index (Phi) is 4.51. The Morgan fingerprint density at radius 1 is 1.43 bits per heavy atom. The summed E-state index contributed by atoms with van der Waals surface area (Å²) in [6, 6.07) is -0.796. The molecule has 8 nitrogen and oxygen atoms in total. The minimum Gasteiger partial charge on any atom is -0.347 e. The molecule has 0 bridgehead atoms. The number of nitrogens with one attached hydrogen (secondary N) is 2. The number of likely N-dealkylation sites (N-methyl/N-ethyl adjacent to an activating group) is 1. The highest BCUT2D eigenvalue weighted by molar-refractivity contribution is 7.91. The molecule has 1 aliphatic heterocycles. The number of sulfonamides is 1. The van der Waals surface area contributed by atoms with E-state index < -0.39 is 20.9 Å². The average Bonchev–Trinajstić information content (AvgIpc) is 2.77. The second-order valence-corrected chi connectivity index (χ2v) is 8.06. The quantitative estimate of drug-likeness (QED) is 0.722. The third kappa shape index (κ3) is 3.03. The Labute approximate surface area is 126 Å². The first-order chi connectivity index (χ1) is 9.75. The summed E-state index contributed by atoms with van der Waals surface area (Å²) in [7, 11) is -0.697. The van der Waals surface area contributed by atoms with Gasteiger partial charge in [-0.3, -0.25) is 9.59 Å². The standard InChI is InChI=1S/C11H18N4O4S2/c1-7-10(20-11(17)13-7)21(18,19)15-5-4-12-6-8(15)9(16)14(2)3/h8,12H,4-6H2,1-3H3,(H,13,17). The first-order valence-electron chi connectivity index (χ1n) is 6.38. The van der Waals surface area contributed by atoms with Gasteiger partial charge in [-0.1, -0.05) is 11.3 Å². The Bertz CT molecular complexity index is 691. The van der Waals surface area contributed by atoms with Crippen molar-refractivity contribution in [2.24, 2.45) is 0 Å². The molecule has 2 rings (SSSR count). The van der Waals surface area contributed by atoms with Gasteiger partial charge in [0.05, 0.1) is 0 Å². The number of H-pyrrole nitrogens is 1. The molecule has 0 aliphatic carbocycles. The molecule has 1 saturated heterocycles. The van der Waals surface area contributed by atoms with Crippen molar-refractivity contribution in [3.63, 3.8) is 0 Å². The summed E-state index contributed by atoms with van der Waals surface area (Å²) in [5, 5.41) is 3.02. The van der Waals surface area contributed by atoms with Crippen molar-refractivity contribution in [3.8, 4) is 0 Å². The lowest BCUT2D eigenvalue weighted by atomic mass is 10.2. The number of piperazine rings is 1. The van der Waals surface area contributed by atoms with Crippen LogP contribution < -0.4 is 10.2 Å². The van der Waals surface area contributed by atoms with Crippen molar-refractivity contribution in [2.75, 3.05) is 33.7 Å². The number of hydrogen-bond acceptors (Lipinski definition) is 6. The first kappa shape index (κ1) is 16.1. The topological polar surface area (TPSA) is 103 Å². The molecule has 1 aromatic rings. The van der Waals surface area contributed by atoms with E-state index in [2.05, 4.69) is 10.3 Å². The first-order valence-corrected chi connectivity index (χ1v) is 8.64. The number of carbonyl (C=O) groups excluding carboxylic acids is 1. The van der Waals surface area contributed by atoms with E-state index in [0.717, 1.165) is 0 Å². The highest BCUT2D eigenvalue weighted by atomic mass is 32.2. The van der Waals surface area contributed by atoms with Gasteiger partial charge in [-0.2, -0.15) is 4.31 Å². The van der Waals surface area contributed by atoms with Crippen LogP contribution >= 0.6 is 11.3 Å². The van der Waals surface area contributed by atoms with Crippen molar-refractivity contribution in [1.29, 1.82) is 0 Å². The highest BCUT2D eigenvalue weighted by Gasteiger charge is 2.39. The number of aryl methyl sites for hydroxylation is 1. The number of aromatic nitrogens is 1. The zero-order valence-corrected chi connectivity index (χ0v) is 13.7. The number of thiazole rings is 1. The van der Waals surface area contributed by atoms with Gasteiger partial charge < -0.3 is 15.2 Å². The molecular weight excluding hydrogens is 316 g/mol. The molecule has 2 N–H and O–H groups in total. The largest absolute Gasteiger partial charge is 0.347 e. The van der Waals surface area contributed by atoms with Crippen LogP contribution in [-0.2, 0) is 14.8 Å². The lowest BCUT2D eigenvalue weighted by molar-refractivity contribution is -0.133. The maximum atomic E-state index is 12.7. The van der Waals surface area contributed by atoms with Crippen molar-refractivity contribution < 1.29 is 13.2 Å². The smallest absolute Gasteiger partial charge is 0.305 e. The summed E-state index contributed by atoms with van der Waals surface area (Å²) in [4.78, 5) is 27.0. The number of amides is 1. The van der Waals surface area contributed by atoms with Gasteiger partial charge in [0.2, 0.25) is 5.91 Å². The minimum absolute atomic E-state index is 0.0223. The van der Waals surface area contributed by atoms with Crippen LogP contribution in [0.2, 0.25) is 0 Å². The van der Waals surface area contributed by atoms with Crippen LogP contribution in [-0.4, -0.2) is 68.3 Å². The monoisotopic (exact) mass is 334 g/mol. The molecule has 0 saturated carbocycles. The second-order valence-electron chi connectivity index (χ2n) is 5.00. The summed E-state index contributed by atoms with van der Waals surface area (Å²) < 4.78 is 26.6. The van der Waals surface area contributed by atoms with E-state index in [0.29, 0.717) is 23.6 Å². The molecule has 2 heterocycles. The normalized spacial score (nSPS) is 20.4. The molecule has 1 aromatic heterocycles.